The van der Waals surface area contributed by atoms with Gasteiger partial charge in [-0.2, -0.15) is 0 Å². The molecule has 2 aromatic rings. The van der Waals surface area contributed by atoms with Crippen molar-refractivity contribution in [3.8, 4) is 0 Å². The van der Waals surface area contributed by atoms with Gasteiger partial charge in [0.15, 0.2) is 0 Å². The number of piperidine rings is 1. The second-order valence-corrected chi connectivity index (χ2v) is 8.09. The predicted octanol–water partition coefficient (Wildman–Crippen LogP) is 3.69. The van der Waals surface area contributed by atoms with Crippen LogP contribution in [0.3, 0.4) is 0 Å². The van der Waals surface area contributed by atoms with Crippen molar-refractivity contribution >= 4 is 17.5 Å². The zero-order valence-corrected chi connectivity index (χ0v) is 17.0. The molecule has 0 spiro atoms. The third-order valence-electron chi connectivity index (χ3n) is 5.23. The Morgan fingerprint density at radius 2 is 2.04 bits per heavy atom. The molecular formula is C21H29ClN4O. The van der Waals surface area contributed by atoms with E-state index in [0.717, 1.165) is 43.9 Å². The minimum atomic E-state index is 0.0603. The van der Waals surface area contributed by atoms with Crippen LogP contribution < -0.4 is 5.32 Å². The molecule has 0 saturated carbocycles. The van der Waals surface area contributed by atoms with E-state index in [0.29, 0.717) is 29.9 Å². The molecule has 1 aliphatic rings. The fourth-order valence-corrected chi connectivity index (χ4v) is 3.88. The van der Waals surface area contributed by atoms with Crippen molar-refractivity contribution in [2.75, 3.05) is 19.6 Å². The van der Waals surface area contributed by atoms with Crippen LogP contribution in [0.2, 0.25) is 5.02 Å². The number of carbonyl (C=O) groups is 1. The molecule has 1 fully saturated rings. The summed E-state index contributed by atoms with van der Waals surface area (Å²) in [6.45, 7) is 8.27. The second-order valence-electron chi connectivity index (χ2n) is 7.68. The van der Waals surface area contributed by atoms with Crippen molar-refractivity contribution in [2.24, 2.45) is 5.92 Å². The summed E-state index contributed by atoms with van der Waals surface area (Å²) in [5.74, 6) is 2.32. The third-order valence-corrected chi connectivity index (χ3v) is 5.60. The average Bonchev–Trinajstić information content (AvgIpc) is 3.11. The van der Waals surface area contributed by atoms with Gasteiger partial charge in [-0.15, -0.1) is 0 Å². The van der Waals surface area contributed by atoms with E-state index in [1.807, 2.05) is 30.5 Å². The van der Waals surface area contributed by atoms with Crippen LogP contribution in [0, 0.1) is 5.92 Å². The highest BCUT2D eigenvalue weighted by Crippen LogP contribution is 2.21. The van der Waals surface area contributed by atoms with Crippen LogP contribution in [0.1, 0.15) is 44.0 Å². The molecule has 1 N–H and O–H groups in total. The number of amides is 1. The molecule has 0 radical (unpaired) electrons. The monoisotopic (exact) mass is 388 g/mol. The fourth-order valence-electron chi connectivity index (χ4n) is 3.68. The Bertz CT molecular complexity index is 750. The van der Waals surface area contributed by atoms with E-state index in [1.54, 1.807) is 0 Å². The highest BCUT2D eigenvalue weighted by Gasteiger charge is 2.22. The van der Waals surface area contributed by atoms with E-state index < -0.39 is 0 Å². The Balaban J connectivity index is 1.41. The molecule has 27 heavy (non-hydrogen) atoms. The van der Waals surface area contributed by atoms with Gasteiger partial charge in [-0.3, -0.25) is 9.69 Å². The summed E-state index contributed by atoms with van der Waals surface area (Å²) in [7, 11) is 0. The van der Waals surface area contributed by atoms with Crippen molar-refractivity contribution in [3.05, 3.63) is 53.1 Å². The number of halogens is 1. The highest BCUT2D eigenvalue weighted by molar-refractivity contribution is 6.31. The van der Waals surface area contributed by atoms with Gasteiger partial charge in [0, 0.05) is 36.4 Å². The molecular weight excluding hydrogens is 360 g/mol. The molecule has 5 nitrogen and oxygen atoms in total. The molecule has 0 bridgehead atoms. The predicted molar refractivity (Wildman–Crippen MR) is 109 cm³/mol. The SMILES string of the molecule is CC(C)c1nccn1CC1CCN(CC(=O)NCc2ccccc2Cl)CC1. The zero-order chi connectivity index (χ0) is 19.2. The quantitative estimate of drug-likeness (QED) is 0.787. The van der Waals surface area contributed by atoms with E-state index >= 15 is 0 Å². The van der Waals surface area contributed by atoms with Crippen LogP contribution in [0.15, 0.2) is 36.7 Å². The van der Waals surface area contributed by atoms with Crippen molar-refractivity contribution in [1.29, 1.82) is 0 Å². The maximum atomic E-state index is 12.2. The molecule has 1 saturated heterocycles. The first kappa shape index (κ1) is 19.9. The number of aromatic nitrogens is 2. The van der Waals surface area contributed by atoms with Crippen LogP contribution in [0.4, 0.5) is 0 Å². The summed E-state index contributed by atoms with van der Waals surface area (Å²) in [5, 5.41) is 3.67. The van der Waals surface area contributed by atoms with Gasteiger partial charge in [0.1, 0.15) is 5.82 Å². The maximum absolute atomic E-state index is 12.2. The van der Waals surface area contributed by atoms with Crippen molar-refractivity contribution < 1.29 is 4.79 Å². The van der Waals surface area contributed by atoms with Crippen molar-refractivity contribution in [1.82, 2.24) is 19.8 Å². The van der Waals surface area contributed by atoms with Gasteiger partial charge in [0.05, 0.1) is 6.54 Å². The first-order valence-corrected chi connectivity index (χ1v) is 10.1. The Labute approximate surface area is 166 Å². The minimum absolute atomic E-state index is 0.0603. The van der Waals surface area contributed by atoms with E-state index in [4.69, 9.17) is 11.6 Å². The number of nitrogens with one attached hydrogen (secondary N) is 1. The lowest BCUT2D eigenvalue weighted by atomic mass is 9.96. The molecule has 6 heteroatoms. The van der Waals surface area contributed by atoms with Gasteiger partial charge in [-0.05, 0) is 43.5 Å². The minimum Gasteiger partial charge on any atom is -0.351 e. The van der Waals surface area contributed by atoms with Crippen LogP contribution in [0.5, 0.6) is 0 Å². The van der Waals surface area contributed by atoms with Crippen LogP contribution >= 0.6 is 11.6 Å². The summed E-state index contributed by atoms with van der Waals surface area (Å²) in [4.78, 5) is 19.0. The van der Waals surface area contributed by atoms with Gasteiger partial charge in [0.25, 0.3) is 0 Å². The zero-order valence-electron chi connectivity index (χ0n) is 16.2. The number of rotatable bonds is 7. The first-order valence-electron chi connectivity index (χ1n) is 9.76. The van der Waals surface area contributed by atoms with Gasteiger partial charge in [-0.1, -0.05) is 43.6 Å². The Morgan fingerprint density at radius 3 is 2.74 bits per heavy atom. The Morgan fingerprint density at radius 1 is 1.30 bits per heavy atom. The third kappa shape index (κ3) is 5.56. The normalized spacial score (nSPS) is 16.0. The van der Waals surface area contributed by atoms with Crippen molar-refractivity contribution in [2.45, 2.75) is 45.7 Å². The highest BCUT2D eigenvalue weighted by atomic mass is 35.5. The lowest BCUT2D eigenvalue weighted by molar-refractivity contribution is -0.122. The summed E-state index contributed by atoms with van der Waals surface area (Å²) >= 11 is 6.14. The number of likely N-dealkylation sites (tertiary alicyclic amines) is 1. The van der Waals surface area contributed by atoms with E-state index in [1.165, 1.54) is 0 Å². The Kier molecular flexibility index (Phi) is 6.91. The molecule has 1 amide bonds. The summed E-state index contributed by atoms with van der Waals surface area (Å²) < 4.78 is 2.29. The summed E-state index contributed by atoms with van der Waals surface area (Å²) in [6.07, 6.45) is 6.22. The van der Waals surface area contributed by atoms with Crippen LogP contribution in [0.25, 0.3) is 0 Å². The Hall–Kier alpha value is -1.85. The summed E-state index contributed by atoms with van der Waals surface area (Å²) in [5.41, 5.74) is 0.951. The van der Waals surface area contributed by atoms with Gasteiger partial charge in [-0.25, -0.2) is 4.98 Å². The maximum Gasteiger partial charge on any atom is 0.234 e. The van der Waals surface area contributed by atoms with Gasteiger partial charge in [0.2, 0.25) is 5.91 Å². The smallest absolute Gasteiger partial charge is 0.234 e. The molecule has 2 heterocycles. The number of carbonyl (C=O) groups excluding carboxylic acids is 1. The van der Waals surface area contributed by atoms with Crippen LogP contribution in [-0.2, 0) is 17.9 Å². The number of nitrogens with zero attached hydrogens (tertiary/aromatic N) is 3. The van der Waals surface area contributed by atoms with Gasteiger partial charge >= 0.3 is 0 Å². The average molecular weight is 389 g/mol. The summed E-state index contributed by atoms with van der Waals surface area (Å²) in [6, 6.07) is 7.61. The molecule has 1 aromatic heterocycles. The first-order chi connectivity index (χ1) is 13.0. The largest absolute Gasteiger partial charge is 0.351 e. The van der Waals surface area contributed by atoms with Gasteiger partial charge < -0.3 is 9.88 Å². The standard InChI is InChI=1S/C21H29ClN4O/c1-16(2)21-23-9-12-26(21)14-17-7-10-25(11-8-17)15-20(27)24-13-18-5-3-4-6-19(18)22/h3-6,9,12,16-17H,7-8,10-11,13-15H2,1-2H3,(H,24,27). The molecule has 146 valence electrons. The molecule has 1 aromatic carbocycles. The molecule has 3 rings (SSSR count). The molecule has 0 aliphatic carbocycles. The van der Waals surface area contributed by atoms with E-state index in [9.17, 15) is 4.79 Å². The van der Waals surface area contributed by atoms with E-state index in [2.05, 4.69) is 39.8 Å². The molecule has 0 atom stereocenters. The fraction of sp³-hybridized carbons (Fsp3) is 0.524. The number of hydrogen-bond donors (Lipinski definition) is 1. The second kappa shape index (κ2) is 9.38. The van der Waals surface area contributed by atoms with E-state index in [-0.39, 0.29) is 5.91 Å². The molecule has 1 aliphatic heterocycles. The van der Waals surface area contributed by atoms with Crippen molar-refractivity contribution in [3.63, 3.8) is 0 Å². The lowest BCUT2D eigenvalue weighted by Crippen LogP contribution is -2.42. The van der Waals surface area contributed by atoms with Crippen LogP contribution in [-0.4, -0.2) is 40.0 Å². The lowest BCUT2D eigenvalue weighted by Gasteiger charge is -2.32. The number of imidazole rings is 1. The molecule has 0 unspecified atom stereocenters. The number of benzene rings is 1. The number of hydrogen-bond acceptors (Lipinski definition) is 3. The topological polar surface area (TPSA) is 50.2 Å².